The van der Waals surface area contributed by atoms with E-state index in [1.165, 1.54) is 26.0 Å². The summed E-state index contributed by atoms with van der Waals surface area (Å²) in [5, 5.41) is 34.9. The number of nitrogens with zero attached hydrogens (tertiary/aromatic N) is 6. The minimum atomic E-state index is -4.87. The van der Waals surface area contributed by atoms with Crippen LogP contribution in [0.3, 0.4) is 0 Å². The highest BCUT2D eigenvalue weighted by Crippen LogP contribution is 2.33. The highest BCUT2D eigenvalue weighted by molar-refractivity contribution is 7.86. The Balaban J connectivity index is 0.000000287. The lowest BCUT2D eigenvalue weighted by molar-refractivity contribution is 0.387. The molecule has 0 aliphatic carbocycles. The SMILES string of the molecule is CCn1c(O)c(Cl)c(C)c(N=Nc2ccc(S(=O)(=O)O)c(N)c2)c1=O.CCn1c(O)c(S(=O)(=O)O)c(C)c(N=Nc2ccc(S(=O)(=O)O)c(N)c2)c1=O. The lowest BCUT2D eigenvalue weighted by Gasteiger charge is -2.13. The van der Waals surface area contributed by atoms with Crippen LogP contribution in [0, 0.1) is 13.8 Å². The van der Waals surface area contributed by atoms with E-state index in [1.54, 1.807) is 6.92 Å². The maximum atomic E-state index is 12.4. The van der Waals surface area contributed by atoms with Crippen LogP contribution in [0.2, 0.25) is 5.02 Å². The second kappa shape index (κ2) is 15.8. The minimum Gasteiger partial charge on any atom is -0.493 e. The summed E-state index contributed by atoms with van der Waals surface area (Å²) in [6.07, 6.45) is 0. The number of halogens is 1. The van der Waals surface area contributed by atoms with Crippen molar-refractivity contribution in [3.05, 3.63) is 73.3 Å². The van der Waals surface area contributed by atoms with E-state index in [4.69, 9.17) is 32.2 Å². The molecule has 2 heterocycles. The zero-order valence-corrected chi connectivity index (χ0v) is 31.0. The number of anilines is 2. The molecular formula is C28H31ClN8O13S3. The van der Waals surface area contributed by atoms with Gasteiger partial charge in [0, 0.05) is 24.2 Å². The Kier molecular flexibility index (Phi) is 12.6. The molecule has 25 heteroatoms. The fourth-order valence-electron chi connectivity index (χ4n) is 4.57. The first-order chi connectivity index (χ1) is 24.4. The molecule has 0 spiro atoms. The fourth-order valence-corrected chi connectivity index (χ4v) is 6.78. The summed E-state index contributed by atoms with van der Waals surface area (Å²) in [6, 6.07) is 6.68. The molecule has 0 fully saturated rings. The number of aromatic nitrogens is 2. The van der Waals surface area contributed by atoms with E-state index in [9.17, 15) is 49.6 Å². The van der Waals surface area contributed by atoms with Gasteiger partial charge in [-0.15, -0.1) is 10.2 Å². The predicted molar refractivity (Wildman–Crippen MR) is 190 cm³/mol. The van der Waals surface area contributed by atoms with Gasteiger partial charge in [0.15, 0.2) is 16.3 Å². The van der Waals surface area contributed by atoms with Crippen LogP contribution in [0.1, 0.15) is 25.0 Å². The zero-order chi connectivity index (χ0) is 40.4. The Morgan fingerprint density at radius 1 is 0.642 bits per heavy atom. The van der Waals surface area contributed by atoms with Crippen LogP contribution in [0.5, 0.6) is 11.8 Å². The standard InChI is InChI=1S/C14H15ClN4O5S.C14H16N4O8S2/c1-3-19-13(20)11(15)7(2)12(14(19)21)18-17-8-4-5-10(9(16)6-8)25(22,23)24;1-3-18-13(19)11(7(2)12(14(18)20)28(24,25)26)17-16-8-4-5-10(9(15)6-8)27(21,22)23/h4-6,20H,3,16H2,1-2H3,(H,22,23,24);4-6,20H,3,15H2,1-2H3,(H,21,22,23)(H,24,25,26). The predicted octanol–water partition coefficient (Wildman–Crippen LogP) is 4.15. The lowest BCUT2D eigenvalue weighted by atomic mass is 10.2. The third kappa shape index (κ3) is 9.23. The largest absolute Gasteiger partial charge is 0.493 e. The van der Waals surface area contributed by atoms with Gasteiger partial charge in [0.05, 0.1) is 22.7 Å². The second-order valence-corrected chi connectivity index (χ2v) is 15.1. The topological polar surface area (TPSA) is 349 Å². The van der Waals surface area contributed by atoms with Crippen molar-refractivity contribution in [2.75, 3.05) is 11.5 Å². The number of pyridine rings is 2. The number of rotatable bonds is 9. The Bertz CT molecular complexity index is 2640. The molecule has 9 N–H and O–H groups in total. The zero-order valence-electron chi connectivity index (χ0n) is 27.8. The van der Waals surface area contributed by atoms with Crippen molar-refractivity contribution < 1.29 is 49.1 Å². The number of benzene rings is 2. The first kappa shape index (κ1) is 42.2. The van der Waals surface area contributed by atoms with Crippen LogP contribution < -0.4 is 22.6 Å². The van der Waals surface area contributed by atoms with Gasteiger partial charge in [-0.3, -0.25) is 32.4 Å². The molecule has 0 radical (unpaired) electrons. The summed E-state index contributed by atoms with van der Waals surface area (Å²) < 4.78 is 96.7. The average molecular weight is 819 g/mol. The van der Waals surface area contributed by atoms with Gasteiger partial charge in [0.25, 0.3) is 41.5 Å². The van der Waals surface area contributed by atoms with Crippen molar-refractivity contribution in [3.8, 4) is 11.8 Å². The monoisotopic (exact) mass is 818 g/mol. The number of aromatic hydroxyl groups is 2. The van der Waals surface area contributed by atoms with Gasteiger partial charge in [0.1, 0.15) is 14.8 Å². The molecule has 4 aromatic rings. The fraction of sp³-hybridized carbons (Fsp3) is 0.214. The molecule has 0 amide bonds. The first-order valence-electron chi connectivity index (χ1n) is 14.5. The van der Waals surface area contributed by atoms with Crippen LogP contribution >= 0.6 is 11.6 Å². The van der Waals surface area contributed by atoms with Crippen LogP contribution in [-0.2, 0) is 43.4 Å². The van der Waals surface area contributed by atoms with Crippen molar-refractivity contribution in [1.29, 1.82) is 0 Å². The lowest BCUT2D eigenvalue weighted by Crippen LogP contribution is -2.22. The van der Waals surface area contributed by atoms with Gasteiger partial charge in [-0.2, -0.15) is 35.5 Å². The number of hydrogen-bond donors (Lipinski definition) is 7. The van der Waals surface area contributed by atoms with Gasteiger partial charge < -0.3 is 21.7 Å². The highest BCUT2D eigenvalue weighted by Gasteiger charge is 2.27. The molecule has 2 aromatic carbocycles. The van der Waals surface area contributed by atoms with E-state index in [0.29, 0.717) is 4.57 Å². The maximum absolute atomic E-state index is 12.4. The Morgan fingerprint density at radius 3 is 1.36 bits per heavy atom. The van der Waals surface area contributed by atoms with E-state index in [2.05, 4.69) is 20.5 Å². The molecule has 0 aliphatic heterocycles. The highest BCUT2D eigenvalue weighted by atomic mass is 35.5. The van der Waals surface area contributed by atoms with Crippen LogP contribution in [0.15, 0.2) is 81.1 Å². The molecule has 4 rings (SSSR count). The quantitative estimate of drug-likeness (QED) is 0.0708. The van der Waals surface area contributed by atoms with Crippen molar-refractivity contribution in [1.82, 2.24) is 9.13 Å². The molecular weight excluding hydrogens is 788 g/mol. The summed E-state index contributed by atoms with van der Waals surface area (Å²) in [5.74, 6) is -1.29. The van der Waals surface area contributed by atoms with Crippen molar-refractivity contribution in [2.24, 2.45) is 20.5 Å². The van der Waals surface area contributed by atoms with Gasteiger partial charge in [-0.05, 0) is 64.1 Å². The summed E-state index contributed by atoms with van der Waals surface area (Å²) in [6.45, 7) is 5.83. The molecule has 0 atom stereocenters. The third-order valence-corrected chi connectivity index (χ3v) is 10.5. The number of azo groups is 2. The minimum absolute atomic E-state index is 0.00627. The van der Waals surface area contributed by atoms with Gasteiger partial charge in [-0.25, -0.2) is 0 Å². The normalized spacial score (nSPS) is 12.3. The Labute approximate surface area is 305 Å². The Morgan fingerprint density at radius 2 is 1.02 bits per heavy atom. The molecule has 286 valence electrons. The first-order valence-corrected chi connectivity index (χ1v) is 19.2. The molecule has 0 saturated heterocycles. The number of nitrogens with two attached hydrogens (primary N) is 2. The molecule has 21 nitrogen and oxygen atoms in total. The molecule has 53 heavy (non-hydrogen) atoms. The van der Waals surface area contributed by atoms with E-state index >= 15 is 0 Å². The molecule has 0 bridgehead atoms. The van der Waals surface area contributed by atoms with Crippen molar-refractivity contribution >= 4 is 76.1 Å². The Hall–Kier alpha value is -5.24. The van der Waals surface area contributed by atoms with Crippen LogP contribution in [0.25, 0.3) is 0 Å². The van der Waals surface area contributed by atoms with E-state index in [0.717, 1.165) is 35.8 Å². The average Bonchev–Trinajstić information content (AvgIpc) is 3.02. The third-order valence-electron chi connectivity index (χ3n) is 7.15. The van der Waals surface area contributed by atoms with Gasteiger partial charge in [0.2, 0.25) is 11.8 Å². The smallest absolute Gasteiger partial charge is 0.300 e. The van der Waals surface area contributed by atoms with Crippen LogP contribution in [-0.4, -0.2) is 58.3 Å². The molecule has 0 aliphatic rings. The molecule has 2 aromatic heterocycles. The van der Waals surface area contributed by atoms with E-state index in [1.807, 2.05) is 0 Å². The van der Waals surface area contributed by atoms with E-state index < -0.39 is 67.7 Å². The van der Waals surface area contributed by atoms with Crippen molar-refractivity contribution in [3.63, 3.8) is 0 Å². The summed E-state index contributed by atoms with van der Waals surface area (Å²) in [5.41, 5.74) is 8.65. The summed E-state index contributed by atoms with van der Waals surface area (Å²) in [7, 11) is -13.9. The number of nitrogen functional groups attached to an aromatic ring is 2. The second-order valence-electron chi connectivity index (χ2n) is 10.6. The summed E-state index contributed by atoms with van der Waals surface area (Å²) >= 11 is 5.99. The van der Waals surface area contributed by atoms with Gasteiger partial charge >= 0.3 is 0 Å². The van der Waals surface area contributed by atoms with E-state index in [-0.39, 0.29) is 63.6 Å². The number of hydrogen-bond acceptors (Lipinski definition) is 16. The molecule has 0 unspecified atom stereocenters. The van der Waals surface area contributed by atoms with Crippen LogP contribution in [0.4, 0.5) is 34.1 Å². The summed E-state index contributed by atoms with van der Waals surface area (Å²) in [4.78, 5) is 22.9. The van der Waals surface area contributed by atoms with Crippen molar-refractivity contribution in [2.45, 2.75) is 55.5 Å². The maximum Gasteiger partial charge on any atom is 0.300 e. The molecule has 0 saturated carbocycles. The van der Waals surface area contributed by atoms with Gasteiger partial charge in [-0.1, -0.05) is 11.6 Å².